The molecule has 0 spiro atoms. The minimum Gasteiger partial charge on any atom is -0.396 e. The Bertz CT molecular complexity index is 369. The summed E-state index contributed by atoms with van der Waals surface area (Å²) in [7, 11) is 0. The molecule has 0 aliphatic heterocycles. The number of anilines is 2. The predicted molar refractivity (Wildman–Crippen MR) is 68.6 cm³/mol. The van der Waals surface area contributed by atoms with Crippen molar-refractivity contribution in [1.29, 1.82) is 0 Å². The van der Waals surface area contributed by atoms with Gasteiger partial charge in [-0.2, -0.15) is 0 Å². The van der Waals surface area contributed by atoms with Crippen LogP contribution in [-0.2, 0) is 0 Å². The molecule has 0 bridgehead atoms. The Hall–Kier alpha value is -1.25. The second-order valence-electron chi connectivity index (χ2n) is 5.20. The van der Waals surface area contributed by atoms with Crippen LogP contribution in [-0.4, -0.2) is 17.6 Å². The first kappa shape index (κ1) is 11.2. The lowest BCUT2D eigenvalue weighted by Gasteiger charge is -2.26. The van der Waals surface area contributed by atoms with Crippen molar-refractivity contribution in [3.63, 3.8) is 0 Å². The van der Waals surface area contributed by atoms with E-state index in [1.165, 1.54) is 12.8 Å². The third kappa shape index (κ3) is 2.46. The topological polar surface area (TPSA) is 42.2 Å². The average molecular weight is 219 g/mol. The van der Waals surface area contributed by atoms with Gasteiger partial charge in [0.05, 0.1) is 5.69 Å². The summed E-state index contributed by atoms with van der Waals surface area (Å²) in [5.41, 5.74) is 8.00. The van der Waals surface area contributed by atoms with Gasteiger partial charge in [0.25, 0.3) is 0 Å². The molecule has 0 unspecified atom stereocenters. The van der Waals surface area contributed by atoms with Gasteiger partial charge in [0.1, 0.15) is 0 Å². The molecule has 2 rings (SSSR count). The maximum absolute atomic E-state index is 6.06. The molecule has 16 heavy (non-hydrogen) atoms. The van der Waals surface area contributed by atoms with Gasteiger partial charge in [-0.25, -0.2) is 4.98 Å². The standard InChI is InChI=1S/C13H21N3/c1-9(2)8-16(11-4-5-11)13-12(14)6-10(3)7-15-13/h6-7,9,11H,4-5,8,14H2,1-3H3. The minimum absolute atomic E-state index is 0.642. The predicted octanol–water partition coefficient (Wildman–Crippen LogP) is 2.60. The molecule has 3 heteroatoms. The quantitative estimate of drug-likeness (QED) is 0.846. The van der Waals surface area contributed by atoms with E-state index in [9.17, 15) is 0 Å². The maximum Gasteiger partial charge on any atom is 0.152 e. The fourth-order valence-corrected chi connectivity index (χ4v) is 2.01. The molecule has 1 aromatic rings. The Morgan fingerprint density at radius 2 is 2.19 bits per heavy atom. The first-order valence-electron chi connectivity index (χ1n) is 6.06. The molecule has 1 fully saturated rings. The number of rotatable bonds is 4. The van der Waals surface area contributed by atoms with Crippen molar-refractivity contribution in [3.05, 3.63) is 17.8 Å². The molecule has 0 radical (unpaired) electrons. The van der Waals surface area contributed by atoms with E-state index < -0.39 is 0 Å². The van der Waals surface area contributed by atoms with E-state index in [4.69, 9.17) is 5.73 Å². The number of nitrogen functional groups attached to an aromatic ring is 1. The molecule has 1 heterocycles. The number of nitrogens with zero attached hydrogens (tertiary/aromatic N) is 2. The van der Waals surface area contributed by atoms with Crippen molar-refractivity contribution in [2.24, 2.45) is 5.92 Å². The SMILES string of the molecule is Cc1cnc(N(CC(C)C)C2CC2)c(N)c1. The van der Waals surface area contributed by atoms with Gasteiger partial charge in [-0.3, -0.25) is 0 Å². The Labute approximate surface area is 97.7 Å². The lowest BCUT2D eigenvalue weighted by Crippen LogP contribution is -2.31. The van der Waals surface area contributed by atoms with Crippen molar-refractivity contribution in [3.8, 4) is 0 Å². The van der Waals surface area contributed by atoms with Crippen LogP contribution >= 0.6 is 0 Å². The lowest BCUT2D eigenvalue weighted by molar-refractivity contribution is 0.603. The molecule has 2 N–H and O–H groups in total. The highest BCUT2D eigenvalue weighted by Gasteiger charge is 2.31. The zero-order valence-corrected chi connectivity index (χ0v) is 10.4. The van der Waals surface area contributed by atoms with E-state index >= 15 is 0 Å². The van der Waals surface area contributed by atoms with Crippen molar-refractivity contribution in [2.75, 3.05) is 17.2 Å². The number of aryl methyl sites for hydroxylation is 1. The summed E-state index contributed by atoms with van der Waals surface area (Å²) < 4.78 is 0. The molecule has 1 saturated carbocycles. The van der Waals surface area contributed by atoms with E-state index in [1.807, 2.05) is 19.2 Å². The molecular weight excluding hydrogens is 198 g/mol. The van der Waals surface area contributed by atoms with Crippen LogP contribution in [0, 0.1) is 12.8 Å². The summed E-state index contributed by atoms with van der Waals surface area (Å²) in [4.78, 5) is 6.87. The highest BCUT2D eigenvalue weighted by atomic mass is 15.2. The molecule has 0 amide bonds. The number of aromatic nitrogens is 1. The normalized spacial score (nSPS) is 15.5. The smallest absolute Gasteiger partial charge is 0.152 e. The first-order valence-corrected chi connectivity index (χ1v) is 6.06. The van der Waals surface area contributed by atoms with Crippen LogP contribution in [0.2, 0.25) is 0 Å². The fraction of sp³-hybridized carbons (Fsp3) is 0.615. The summed E-state index contributed by atoms with van der Waals surface area (Å²) in [6.45, 7) is 7.54. The minimum atomic E-state index is 0.642. The third-order valence-electron chi connectivity index (χ3n) is 2.85. The summed E-state index contributed by atoms with van der Waals surface area (Å²) >= 11 is 0. The summed E-state index contributed by atoms with van der Waals surface area (Å²) in [5.74, 6) is 1.62. The van der Waals surface area contributed by atoms with E-state index in [0.717, 1.165) is 23.6 Å². The lowest BCUT2D eigenvalue weighted by atomic mass is 10.2. The Morgan fingerprint density at radius 1 is 1.50 bits per heavy atom. The van der Waals surface area contributed by atoms with E-state index in [0.29, 0.717) is 12.0 Å². The van der Waals surface area contributed by atoms with Crippen molar-refractivity contribution in [1.82, 2.24) is 4.98 Å². The highest BCUT2D eigenvalue weighted by Crippen LogP contribution is 2.34. The van der Waals surface area contributed by atoms with Gasteiger partial charge >= 0.3 is 0 Å². The summed E-state index contributed by atoms with van der Waals surface area (Å²) in [6, 6.07) is 2.68. The van der Waals surface area contributed by atoms with Gasteiger partial charge in [0.15, 0.2) is 5.82 Å². The van der Waals surface area contributed by atoms with Gasteiger partial charge in [-0.1, -0.05) is 13.8 Å². The molecule has 88 valence electrons. The van der Waals surface area contributed by atoms with Gasteiger partial charge in [0.2, 0.25) is 0 Å². The second-order valence-corrected chi connectivity index (χ2v) is 5.20. The fourth-order valence-electron chi connectivity index (χ4n) is 2.01. The van der Waals surface area contributed by atoms with Crippen molar-refractivity contribution < 1.29 is 0 Å². The van der Waals surface area contributed by atoms with E-state index in [-0.39, 0.29) is 0 Å². The van der Waals surface area contributed by atoms with Crippen LogP contribution in [0.25, 0.3) is 0 Å². The zero-order chi connectivity index (χ0) is 11.7. The van der Waals surface area contributed by atoms with Crippen molar-refractivity contribution >= 4 is 11.5 Å². The Morgan fingerprint density at radius 3 is 2.69 bits per heavy atom. The van der Waals surface area contributed by atoms with Gasteiger partial charge in [0, 0.05) is 18.8 Å². The highest BCUT2D eigenvalue weighted by molar-refractivity contribution is 5.64. The molecule has 3 nitrogen and oxygen atoms in total. The van der Waals surface area contributed by atoms with Crippen LogP contribution < -0.4 is 10.6 Å². The van der Waals surface area contributed by atoms with E-state index in [2.05, 4.69) is 23.7 Å². The Balaban J connectivity index is 2.24. The average Bonchev–Trinajstić information content (AvgIpc) is 2.97. The van der Waals surface area contributed by atoms with Gasteiger partial charge < -0.3 is 10.6 Å². The largest absolute Gasteiger partial charge is 0.396 e. The molecule has 0 aromatic carbocycles. The summed E-state index contributed by atoms with van der Waals surface area (Å²) in [6.07, 6.45) is 4.46. The Kier molecular flexibility index (Phi) is 3.03. The molecule has 0 atom stereocenters. The number of pyridine rings is 1. The molecule has 0 saturated heterocycles. The second kappa shape index (κ2) is 4.32. The van der Waals surface area contributed by atoms with Crippen molar-refractivity contribution in [2.45, 2.75) is 39.7 Å². The number of hydrogen-bond acceptors (Lipinski definition) is 3. The number of hydrogen-bond donors (Lipinski definition) is 1. The maximum atomic E-state index is 6.06. The van der Waals surface area contributed by atoms with Gasteiger partial charge in [-0.05, 0) is 37.3 Å². The molecule has 1 aliphatic carbocycles. The zero-order valence-electron chi connectivity index (χ0n) is 10.4. The van der Waals surface area contributed by atoms with Gasteiger partial charge in [-0.15, -0.1) is 0 Å². The molecule has 1 aromatic heterocycles. The third-order valence-corrected chi connectivity index (χ3v) is 2.85. The number of nitrogens with two attached hydrogens (primary N) is 1. The monoisotopic (exact) mass is 219 g/mol. The van der Waals surface area contributed by atoms with Crippen LogP contribution in [0.5, 0.6) is 0 Å². The first-order chi connectivity index (χ1) is 7.58. The van der Waals surface area contributed by atoms with Crippen LogP contribution in [0.15, 0.2) is 12.3 Å². The van der Waals surface area contributed by atoms with Crippen LogP contribution in [0.3, 0.4) is 0 Å². The van der Waals surface area contributed by atoms with Crippen LogP contribution in [0.4, 0.5) is 11.5 Å². The van der Waals surface area contributed by atoms with E-state index in [1.54, 1.807) is 0 Å². The molecular formula is C13H21N3. The van der Waals surface area contributed by atoms with Crippen LogP contribution in [0.1, 0.15) is 32.3 Å². The molecule has 1 aliphatic rings. The summed E-state index contributed by atoms with van der Waals surface area (Å²) in [5, 5.41) is 0.